The largest absolute Gasteiger partial charge is 0.444 e. The molecule has 126 valence electrons. The fraction of sp³-hybridized carbons (Fsp3) is 0.368. The number of hydrogen-bond acceptors (Lipinski definition) is 3. The highest BCUT2D eigenvalue weighted by Gasteiger charge is 2.26. The minimum atomic E-state index is -0.478. The molecule has 0 saturated heterocycles. The van der Waals surface area contributed by atoms with Crippen LogP contribution in [0.3, 0.4) is 0 Å². The molecule has 1 aromatic carbocycles. The topological polar surface area (TPSA) is 42.4 Å². The summed E-state index contributed by atoms with van der Waals surface area (Å²) in [5.41, 5.74) is 3.79. The van der Waals surface area contributed by atoms with Gasteiger partial charge in [-0.3, -0.25) is 4.98 Å². The zero-order valence-electron chi connectivity index (χ0n) is 14.2. The zero-order chi connectivity index (χ0) is 17.3. The maximum Gasteiger partial charge on any atom is 0.410 e. The van der Waals surface area contributed by atoms with E-state index in [2.05, 4.69) is 11.1 Å². The van der Waals surface area contributed by atoms with Crippen molar-refractivity contribution in [2.45, 2.75) is 39.3 Å². The third-order valence-corrected chi connectivity index (χ3v) is 4.14. The van der Waals surface area contributed by atoms with Crippen LogP contribution in [-0.2, 0) is 17.7 Å². The summed E-state index contributed by atoms with van der Waals surface area (Å²) in [6, 6.07) is 9.76. The van der Waals surface area contributed by atoms with E-state index in [9.17, 15) is 4.79 Å². The van der Waals surface area contributed by atoms with E-state index in [-0.39, 0.29) is 6.09 Å². The van der Waals surface area contributed by atoms with Crippen LogP contribution in [0.25, 0.3) is 11.3 Å². The second-order valence-corrected chi connectivity index (χ2v) is 7.43. The predicted molar refractivity (Wildman–Crippen MR) is 95.0 cm³/mol. The minimum absolute atomic E-state index is 0.269. The summed E-state index contributed by atoms with van der Waals surface area (Å²) in [6.45, 7) is 6.83. The number of nitrogens with zero attached hydrogens (tertiary/aromatic N) is 2. The van der Waals surface area contributed by atoms with Crippen LogP contribution in [0.4, 0.5) is 4.79 Å². The van der Waals surface area contributed by atoms with Crippen LogP contribution in [0.2, 0.25) is 5.02 Å². The van der Waals surface area contributed by atoms with Crippen molar-refractivity contribution in [1.29, 1.82) is 0 Å². The molecular weight excluding hydrogens is 324 g/mol. The highest BCUT2D eigenvalue weighted by Crippen LogP contribution is 2.26. The van der Waals surface area contributed by atoms with Crippen molar-refractivity contribution in [2.24, 2.45) is 0 Å². The van der Waals surface area contributed by atoms with Gasteiger partial charge in [0.1, 0.15) is 5.60 Å². The average Bonchev–Trinajstić information content (AvgIpc) is 2.53. The number of ether oxygens (including phenoxy) is 1. The van der Waals surface area contributed by atoms with Gasteiger partial charge in [-0.1, -0.05) is 23.7 Å². The predicted octanol–water partition coefficient (Wildman–Crippen LogP) is 4.70. The Hall–Kier alpha value is -2.07. The summed E-state index contributed by atoms with van der Waals surface area (Å²) in [6.07, 6.45) is 2.39. The molecule has 0 saturated carbocycles. The SMILES string of the molecule is CC(C)(C)OC(=O)N1CCc2cc(-c3ccc(Cl)cc3)ncc2C1. The zero-order valence-corrected chi connectivity index (χ0v) is 14.9. The number of benzene rings is 1. The quantitative estimate of drug-likeness (QED) is 0.753. The number of pyridine rings is 1. The first-order valence-corrected chi connectivity index (χ1v) is 8.41. The number of fused-ring (bicyclic) bond motifs is 1. The molecule has 5 heteroatoms. The third kappa shape index (κ3) is 3.88. The average molecular weight is 345 g/mol. The molecule has 3 rings (SSSR count). The molecule has 0 fully saturated rings. The van der Waals surface area contributed by atoms with Gasteiger partial charge in [0.25, 0.3) is 0 Å². The fourth-order valence-electron chi connectivity index (χ4n) is 2.70. The van der Waals surface area contributed by atoms with Gasteiger partial charge in [-0.25, -0.2) is 4.79 Å². The molecule has 2 heterocycles. The summed E-state index contributed by atoms with van der Waals surface area (Å²) in [4.78, 5) is 18.5. The number of rotatable bonds is 1. The molecule has 4 nitrogen and oxygen atoms in total. The summed E-state index contributed by atoms with van der Waals surface area (Å²) < 4.78 is 5.45. The highest BCUT2D eigenvalue weighted by atomic mass is 35.5. The standard InChI is InChI=1S/C19H21ClN2O2/c1-19(2,3)24-18(23)22-9-8-14-10-17(21-11-15(14)12-22)13-4-6-16(20)7-5-13/h4-7,10-11H,8-9,12H2,1-3H3. The van der Waals surface area contributed by atoms with Gasteiger partial charge in [-0.15, -0.1) is 0 Å². The van der Waals surface area contributed by atoms with Crippen molar-refractivity contribution in [1.82, 2.24) is 9.88 Å². The van der Waals surface area contributed by atoms with Crippen molar-refractivity contribution >= 4 is 17.7 Å². The van der Waals surface area contributed by atoms with E-state index in [1.165, 1.54) is 5.56 Å². The lowest BCUT2D eigenvalue weighted by atomic mass is 9.99. The Kier molecular flexibility index (Phi) is 4.50. The summed E-state index contributed by atoms with van der Waals surface area (Å²) in [7, 11) is 0. The lowest BCUT2D eigenvalue weighted by Gasteiger charge is -2.31. The highest BCUT2D eigenvalue weighted by molar-refractivity contribution is 6.30. The summed E-state index contributed by atoms with van der Waals surface area (Å²) in [5, 5.41) is 0.713. The molecule has 1 aromatic heterocycles. The maximum atomic E-state index is 12.2. The Labute approximate surface area is 147 Å². The van der Waals surface area contributed by atoms with Crippen molar-refractivity contribution in [2.75, 3.05) is 6.54 Å². The Bertz CT molecular complexity index is 751. The normalized spacial score (nSPS) is 14.2. The van der Waals surface area contributed by atoms with E-state index in [1.54, 1.807) is 4.90 Å². The molecule has 2 aromatic rings. The van der Waals surface area contributed by atoms with Crippen LogP contribution in [-0.4, -0.2) is 28.1 Å². The van der Waals surface area contributed by atoms with Crippen molar-refractivity contribution < 1.29 is 9.53 Å². The first-order valence-electron chi connectivity index (χ1n) is 8.03. The van der Waals surface area contributed by atoms with Gasteiger partial charge in [0.15, 0.2) is 0 Å². The van der Waals surface area contributed by atoms with Crippen LogP contribution in [0.15, 0.2) is 36.5 Å². The van der Waals surface area contributed by atoms with Gasteiger partial charge in [0.2, 0.25) is 0 Å². The Morgan fingerprint density at radius 3 is 2.58 bits per heavy atom. The minimum Gasteiger partial charge on any atom is -0.444 e. The van der Waals surface area contributed by atoms with Crippen LogP contribution in [0.5, 0.6) is 0 Å². The van der Waals surface area contributed by atoms with Crippen LogP contribution >= 0.6 is 11.6 Å². The number of carbonyl (C=O) groups excluding carboxylic acids is 1. The molecule has 0 bridgehead atoms. The van der Waals surface area contributed by atoms with E-state index in [0.29, 0.717) is 18.1 Å². The lowest BCUT2D eigenvalue weighted by Crippen LogP contribution is -2.39. The molecule has 1 aliphatic rings. The fourth-order valence-corrected chi connectivity index (χ4v) is 2.83. The van der Waals surface area contributed by atoms with Crippen molar-refractivity contribution in [3.05, 3.63) is 52.7 Å². The molecule has 24 heavy (non-hydrogen) atoms. The number of halogens is 1. The number of aromatic nitrogens is 1. The molecule has 0 spiro atoms. The molecule has 0 N–H and O–H groups in total. The van der Waals surface area contributed by atoms with Gasteiger partial charge < -0.3 is 9.64 Å². The summed E-state index contributed by atoms with van der Waals surface area (Å²) in [5.74, 6) is 0. The van der Waals surface area contributed by atoms with Gasteiger partial charge in [-0.2, -0.15) is 0 Å². The second-order valence-electron chi connectivity index (χ2n) is 7.00. The van der Waals surface area contributed by atoms with E-state index < -0.39 is 5.60 Å². The number of hydrogen-bond donors (Lipinski definition) is 0. The molecule has 1 aliphatic heterocycles. The van der Waals surface area contributed by atoms with Gasteiger partial charge in [0, 0.05) is 23.3 Å². The van der Waals surface area contributed by atoms with Crippen LogP contribution in [0.1, 0.15) is 31.9 Å². The lowest BCUT2D eigenvalue weighted by molar-refractivity contribution is 0.0224. The van der Waals surface area contributed by atoms with E-state index >= 15 is 0 Å². The number of amides is 1. The Morgan fingerprint density at radius 1 is 1.21 bits per heavy atom. The third-order valence-electron chi connectivity index (χ3n) is 3.89. The van der Waals surface area contributed by atoms with E-state index in [4.69, 9.17) is 16.3 Å². The van der Waals surface area contributed by atoms with Gasteiger partial charge in [0.05, 0.1) is 12.2 Å². The maximum absolute atomic E-state index is 12.2. The van der Waals surface area contributed by atoms with Gasteiger partial charge >= 0.3 is 6.09 Å². The molecule has 0 aliphatic carbocycles. The van der Waals surface area contributed by atoms with E-state index in [1.807, 2.05) is 51.2 Å². The second kappa shape index (κ2) is 6.44. The first kappa shape index (κ1) is 16.8. The Morgan fingerprint density at radius 2 is 1.92 bits per heavy atom. The monoisotopic (exact) mass is 344 g/mol. The Balaban J connectivity index is 1.77. The smallest absolute Gasteiger partial charge is 0.410 e. The molecular formula is C19H21ClN2O2. The van der Waals surface area contributed by atoms with Crippen LogP contribution in [0, 0.1) is 0 Å². The first-order chi connectivity index (χ1) is 11.3. The molecule has 0 unspecified atom stereocenters. The van der Waals surface area contributed by atoms with Crippen molar-refractivity contribution in [3.63, 3.8) is 0 Å². The van der Waals surface area contributed by atoms with Crippen molar-refractivity contribution in [3.8, 4) is 11.3 Å². The summed E-state index contributed by atoms with van der Waals surface area (Å²) >= 11 is 5.94. The molecule has 0 radical (unpaired) electrons. The van der Waals surface area contributed by atoms with E-state index in [0.717, 1.165) is 23.2 Å². The number of carbonyl (C=O) groups is 1. The van der Waals surface area contributed by atoms with Crippen LogP contribution < -0.4 is 0 Å². The van der Waals surface area contributed by atoms with Gasteiger partial charge in [-0.05, 0) is 56.5 Å². The molecule has 1 amide bonds. The molecule has 0 atom stereocenters.